The van der Waals surface area contributed by atoms with Crippen LogP contribution in [0.1, 0.15) is 6.92 Å². The third-order valence-corrected chi connectivity index (χ3v) is 4.89. The van der Waals surface area contributed by atoms with Crippen molar-refractivity contribution in [3.05, 3.63) is 48.8 Å². The summed E-state index contributed by atoms with van der Waals surface area (Å²) in [7, 11) is 1.82. The lowest BCUT2D eigenvalue weighted by Crippen LogP contribution is -2.22. The number of hydrogen-bond acceptors (Lipinski definition) is 6. The van der Waals surface area contributed by atoms with E-state index in [4.69, 9.17) is 0 Å². The monoisotopic (exact) mass is 405 g/mol. The second-order valence-electron chi connectivity index (χ2n) is 5.76. The van der Waals surface area contributed by atoms with Gasteiger partial charge in [0.15, 0.2) is 11.0 Å². The summed E-state index contributed by atoms with van der Waals surface area (Å²) in [5.41, 5.74) is 1.31. The Labute approximate surface area is 164 Å². The highest BCUT2D eigenvalue weighted by atomic mass is 32.2. The number of ether oxygens (including phenoxy) is 1. The van der Waals surface area contributed by atoms with Crippen molar-refractivity contribution in [3.63, 3.8) is 0 Å². The van der Waals surface area contributed by atoms with Gasteiger partial charge < -0.3 is 14.6 Å². The molecule has 10 heteroatoms. The Balaban J connectivity index is 1.62. The number of aromatic nitrogens is 4. The lowest BCUT2D eigenvalue weighted by Gasteiger charge is -2.12. The van der Waals surface area contributed by atoms with Gasteiger partial charge in [-0.15, -0.1) is 10.2 Å². The highest BCUT2D eigenvalue weighted by Gasteiger charge is 2.19. The van der Waals surface area contributed by atoms with Crippen LogP contribution in [-0.2, 0) is 11.8 Å². The molecule has 0 saturated carbocycles. The zero-order valence-corrected chi connectivity index (χ0v) is 15.9. The number of alkyl halides is 2. The number of rotatable bonds is 7. The SMILES string of the molecule is CC(Sc1nnc(-c2cccnc2)n1C)C(=O)Nc1ccc(OC(F)F)cc1. The zero-order chi connectivity index (χ0) is 20.1. The number of nitrogens with one attached hydrogen (secondary N) is 1. The largest absolute Gasteiger partial charge is 0.435 e. The molecule has 1 unspecified atom stereocenters. The van der Waals surface area contributed by atoms with Gasteiger partial charge >= 0.3 is 6.61 Å². The van der Waals surface area contributed by atoms with Crippen LogP contribution in [-0.4, -0.2) is 37.5 Å². The molecule has 0 aliphatic rings. The van der Waals surface area contributed by atoms with Crippen molar-refractivity contribution in [2.45, 2.75) is 23.9 Å². The van der Waals surface area contributed by atoms with Gasteiger partial charge in [-0.3, -0.25) is 9.78 Å². The molecule has 0 fully saturated rings. The zero-order valence-electron chi connectivity index (χ0n) is 15.0. The predicted octanol–water partition coefficient (Wildman–Crippen LogP) is 3.60. The van der Waals surface area contributed by atoms with Crippen LogP contribution in [0.15, 0.2) is 53.9 Å². The molecular formula is C18H17F2N5O2S. The van der Waals surface area contributed by atoms with Crippen LogP contribution in [0.25, 0.3) is 11.4 Å². The Hall–Kier alpha value is -3.01. The fourth-order valence-electron chi connectivity index (χ4n) is 2.34. The van der Waals surface area contributed by atoms with E-state index >= 15 is 0 Å². The lowest BCUT2D eigenvalue weighted by atomic mass is 10.3. The molecule has 1 atom stereocenters. The number of amides is 1. The molecule has 3 rings (SSSR count). The van der Waals surface area contributed by atoms with Gasteiger partial charge in [0, 0.05) is 30.7 Å². The fraction of sp³-hybridized carbons (Fsp3) is 0.222. The van der Waals surface area contributed by atoms with Crippen molar-refractivity contribution in [3.8, 4) is 17.1 Å². The summed E-state index contributed by atoms with van der Waals surface area (Å²) in [5, 5.41) is 11.2. The van der Waals surface area contributed by atoms with Gasteiger partial charge in [0.1, 0.15) is 5.75 Å². The highest BCUT2D eigenvalue weighted by Crippen LogP contribution is 2.26. The van der Waals surface area contributed by atoms with Crippen LogP contribution in [0, 0.1) is 0 Å². The molecule has 28 heavy (non-hydrogen) atoms. The molecule has 1 amide bonds. The van der Waals surface area contributed by atoms with Crippen LogP contribution in [0.5, 0.6) is 5.75 Å². The van der Waals surface area contributed by atoms with Crippen LogP contribution in [0.2, 0.25) is 0 Å². The van der Waals surface area contributed by atoms with Crippen LogP contribution in [0.3, 0.4) is 0 Å². The Morgan fingerprint density at radius 1 is 1.21 bits per heavy atom. The van der Waals surface area contributed by atoms with E-state index in [0.717, 1.165) is 5.56 Å². The highest BCUT2D eigenvalue weighted by molar-refractivity contribution is 8.00. The molecule has 2 heterocycles. The average molecular weight is 405 g/mol. The summed E-state index contributed by atoms with van der Waals surface area (Å²) in [6, 6.07) is 9.41. The minimum absolute atomic E-state index is 0.0254. The van der Waals surface area contributed by atoms with Gasteiger partial charge in [-0.1, -0.05) is 11.8 Å². The van der Waals surface area contributed by atoms with E-state index in [-0.39, 0.29) is 11.7 Å². The van der Waals surface area contributed by atoms with Crippen molar-refractivity contribution >= 4 is 23.4 Å². The quantitative estimate of drug-likeness (QED) is 0.605. The molecule has 3 aromatic rings. The predicted molar refractivity (Wildman–Crippen MR) is 101 cm³/mol. The molecular weight excluding hydrogens is 388 g/mol. The number of halogens is 2. The third-order valence-electron chi connectivity index (χ3n) is 3.75. The Bertz CT molecular complexity index is 935. The second kappa shape index (κ2) is 8.79. The average Bonchev–Trinajstić information content (AvgIpc) is 3.04. The number of benzene rings is 1. The maximum atomic E-state index is 12.4. The number of carbonyl (C=O) groups excluding carboxylic acids is 1. The summed E-state index contributed by atoms with van der Waals surface area (Å²) in [4.78, 5) is 16.5. The van der Waals surface area contributed by atoms with Crippen molar-refractivity contribution in [1.82, 2.24) is 19.7 Å². The van der Waals surface area contributed by atoms with Gasteiger partial charge in [-0.2, -0.15) is 8.78 Å². The van der Waals surface area contributed by atoms with E-state index in [9.17, 15) is 13.6 Å². The van der Waals surface area contributed by atoms with Crippen molar-refractivity contribution in [2.75, 3.05) is 5.32 Å². The van der Waals surface area contributed by atoms with Crippen molar-refractivity contribution in [1.29, 1.82) is 0 Å². The number of nitrogens with zero attached hydrogens (tertiary/aromatic N) is 4. The minimum atomic E-state index is -2.89. The number of hydrogen-bond donors (Lipinski definition) is 1. The molecule has 0 aliphatic carbocycles. The first-order chi connectivity index (χ1) is 13.4. The molecule has 2 aromatic heterocycles. The molecule has 0 saturated heterocycles. The maximum absolute atomic E-state index is 12.4. The van der Waals surface area contributed by atoms with E-state index in [1.54, 1.807) is 23.9 Å². The molecule has 146 valence electrons. The van der Waals surface area contributed by atoms with Crippen molar-refractivity contribution in [2.24, 2.45) is 7.05 Å². The molecule has 0 radical (unpaired) electrons. The van der Waals surface area contributed by atoms with E-state index in [2.05, 4.69) is 25.2 Å². The standard InChI is InChI=1S/C18H17F2N5O2S/c1-11(16(26)22-13-5-7-14(8-6-13)27-17(19)20)28-18-24-23-15(25(18)2)12-4-3-9-21-10-12/h3-11,17H,1-2H3,(H,22,26). The first-order valence-corrected chi connectivity index (χ1v) is 9.14. The summed E-state index contributed by atoms with van der Waals surface area (Å²) in [5.74, 6) is 0.425. The van der Waals surface area contributed by atoms with Crippen molar-refractivity contribution < 1.29 is 18.3 Å². The number of anilines is 1. The molecule has 1 aromatic carbocycles. The molecule has 0 aliphatic heterocycles. The van der Waals surface area contributed by atoms with Gasteiger partial charge in [0.25, 0.3) is 0 Å². The lowest BCUT2D eigenvalue weighted by molar-refractivity contribution is -0.115. The van der Waals surface area contributed by atoms with E-state index in [0.29, 0.717) is 16.7 Å². The Kier molecular flexibility index (Phi) is 6.19. The summed E-state index contributed by atoms with van der Waals surface area (Å²) < 4.78 is 30.4. The molecule has 0 bridgehead atoms. The normalized spacial score (nSPS) is 12.0. The number of pyridine rings is 1. The number of carbonyl (C=O) groups is 1. The van der Waals surface area contributed by atoms with Gasteiger partial charge in [0.2, 0.25) is 5.91 Å². The summed E-state index contributed by atoms with van der Waals surface area (Å²) >= 11 is 1.26. The third kappa shape index (κ3) is 4.83. The van der Waals surface area contributed by atoms with E-state index in [1.807, 2.05) is 19.2 Å². The van der Waals surface area contributed by atoms with E-state index < -0.39 is 11.9 Å². The summed E-state index contributed by atoms with van der Waals surface area (Å²) in [6.45, 7) is -1.15. The van der Waals surface area contributed by atoms with Gasteiger partial charge in [-0.25, -0.2) is 0 Å². The minimum Gasteiger partial charge on any atom is -0.435 e. The second-order valence-corrected chi connectivity index (χ2v) is 7.07. The number of thioether (sulfide) groups is 1. The Morgan fingerprint density at radius 2 is 1.96 bits per heavy atom. The topological polar surface area (TPSA) is 81.9 Å². The first-order valence-electron chi connectivity index (χ1n) is 8.26. The molecule has 7 nitrogen and oxygen atoms in total. The Morgan fingerprint density at radius 3 is 2.61 bits per heavy atom. The van der Waals surface area contributed by atoms with Gasteiger partial charge in [0.05, 0.1) is 5.25 Å². The maximum Gasteiger partial charge on any atom is 0.387 e. The summed E-state index contributed by atoms with van der Waals surface area (Å²) in [6.07, 6.45) is 3.37. The molecule has 0 spiro atoms. The van der Waals surface area contributed by atoms with Crippen LogP contribution in [0.4, 0.5) is 14.5 Å². The first kappa shape index (κ1) is 19.7. The molecule has 1 N–H and O–H groups in total. The van der Waals surface area contributed by atoms with Crippen LogP contribution < -0.4 is 10.1 Å². The van der Waals surface area contributed by atoms with E-state index in [1.165, 1.54) is 36.0 Å². The fourth-order valence-corrected chi connectivity index (χ4v) is 3.15. The van der Waals surface area contributed by atoms with Crippen LogP contribution >= 0.6 is 11.8 Å². The van der Waals surface area contributed by atoms with Gasteiger partial charge in [-0.05, 0) is 43.3 Å². The smallest absolute Gasteiger partial charge is 0.387 e.